The monoisotopic (exact) mass is 328 g/mol. The summed E-state index contributed by atoms with van der Waals surface area (Å²) in [4.78, 5) is 0. The Morgan fingerprint density at radius 2 is 1.57 bits per heavy atom. The maximum atomic E-state index is 5.89. The fourth-order valence-electron chi connectivity index (χ4n) is 4.02. The molecule has 0 saturated carbocycles. The van der Waals surface area contributed by atoms with E-state index < -0.39 is 5.79 Å². The maximum Gasteiger partial charge on any atom is 0.170 e. The third-order valence-electron chi connectivity index (χ3n) is 5.96. The molecule has 0 aromatic carbocycles. The van der Waals surface area contributed by atoms with E-state index in [2.05, 4.69) is 20.8 Å². The Kier molecular flexibility index (Phi) is 9.72. The van der Waals surface area contributed by atoms with E-state index in [4.69, 9.17) is 14.2 Å². The van der Waals surface area contributed by atoms with E-state index in [0.717, 1.165) is 26.1 Å². The fraction of sp³-hybridized carbons (Fsp3) is 1.00. The van der Waals surface area contributed by atoms with E-state index in [9.17, 15) is 0 Å². The first kappa shape index (κ1) is 20.9. The molecule has 1 atom stereocenters. The summed E-state index contributed by atoms with van der Waals surface area (Å²) in [7, 11) is 3.61. The van der Waals surface area contributed by atoms with Crippen LogP contribution in [-0.4, -0.2) is 33.2 Å². The van der Waals surface area contributed by atoms with Crippen LogP contribution in [0.15, 0.2) is 0 Å². The van der Waals surface area contributed by atoms with Crippen LogP contribution < -0.4 is 0 Å². The summed E-state index contributed by atoms with van der Waals surface area (Å²) in [6.07, 6.45) is 12.5. The number of ether oxygens (including phenoxy) is 3. The Labute approximate surface area is 144 Å². The first-order valence-corrected chi connectivity index (χ1v) is 9.80. The number of methoxy groups -OCH3 is 2. The Morgan fingerprint density at radius 3 is 2.00 bits per heavy atom. The number of hydrogen-bond acceptors (Lipinski definition) is 3. The van der Waals surface area contributed by atoms with Crippen LogP contribution in [0.25, 0.3) is 0 Å². The third kappa shape index (κ3) is 5.72. The lowest BCUT2D eigenvalue weighted by atomic mass is 9.71. The summed E-state index contributed by atoms with van der Waals surface area (Å²) >= 11 is 0. The minimum Gasteiger partial charge on any atom is -0.380 e. The molecule has 0 bridgehead atoms. The van der Waals surface area contributed by atoms with Gasteiger partial charge in [0.2, 0.25) is 0 Å². The maximum absolute atomic E-state index is 5.89. The van der Waals surface area contributed by atoms with Gasteiger partial charge < -0.3 is 14.2 Å². The predicted molar refractivity (Wildman–Crippen MR) is 96.7 cm³/mol. The molecule has 1 rings (SSSR count). The quantitative estimate of drug-likeness (QED) is 0.308. The highest BCUT2D eigenvalue weighted by Crippen LogP contribution is 2.44. The largest absolute Gasteiger partial charge is 0.380 e. The SMILES string of the molecule is CCCCCCCCC(CC1(CC)COC1)C(CC)(OC)OC. The van der Waals surface area contributed by atoms with E-state index in [0.29, 0.717) is 11.3 Å². The summed E-state index contributed by atoms with van der Waals surface area (Å²) in [5.41, 5.74) is 0.352. The molecule has 1 aliphatic heterocycles. The topological polar surface area (TPSA) is 27.7 Å². The van der Waals surface area contributed by atoms with Gasteiger partial charge in [-0.05, 0) is 25.7 Å². The molecule has 0 N–H and O–H groups in total. The van der Waals surface area contributed by atoms with E-state index in [1.807, 2.05) is 0 Å². The van der Waals surface area contributed by atoms with E-state index >= 15 is 0 Å². The van der Waals surface area contributed by atoms with E-state index in [1.54, 1.807) is 14.2 Å². The summed E-state index contributed by atoms with van der Waals surface area (Å²) in [5, 5.41) is 0. The van der Waals surface area contributed by atoms with Gasteiger partial charge in [0.1, 0.15) is 0 Å². The lowest BCUT2D eigenvalue weighted by Gasteiger charge is -2.47. The van der Waals surface area contributed by atoms with Crippen LogP contribution in [0, 0.1) is 11.3 Å². The highest BCUT2D eigenvalue weighted by Gasteiger charge is 2.45. The van der Waals surface area contributed by atoms with Crippen LogP contribution >= 0.6 is 0 Å². The minimum absolute atomic E-state index is 0.352. The molecule has 0 spiro atoms. The van der Waals surface area contributed by atoms with Gasteiger partial charge in [-0.1, -0.05) is 59.3 Å². The molecule has 1 fully saturated rings. The van der Waals surface area contributed by atoms with Crippen LogP contribution in [0.4, 0.5) is 0 Å². The molecule has 1 heterocycles. The first-order valence-electron chi connectivity index (χ1n) is 9.80. The molecule has 0 radical (unpaired) electrons. The van der Waals surface area contributed by atoms with Crippen LogP contribution in [0.2, 0.25) is 0 Å². The molecular formula is C20H40O3. The zero-order valence-corrected chi connectivity index (χ0v) is 16.3. The third-order valence-corrected chi connectivity index (χ3v) is 5.96. The Hall–Kier alpha value is -0.120. The van der Waals surface area contributed by atoms with Gasteiger partial charge in [-0.15, -0.1) is 0 Å². The van der Waals surface area contributed by atoms with Crippen molar-refractivity contribution in [2.75, 3.05) is 27.4 Å². The average Bonchev–Trinajstić information content (AvgIpc) is 2.55. The smallest absolute Gasteiger partial charge is 0.170 e. The van der Waals surface area contributed by atoms with Crippen molar-refractivity contribution in [3.63, 3.8) is 0 Å². The number of hydrogen-bond donors (Lipinski definition) is 0. The van der Waals surface area contributed by atoms with Crippen molar-refractivity contribution in [1.29, 1.82) is 0 Å². The zero-order chi connectivity index (χ0) is 17.2. The second-order valence-corrected chi connectivity index (χ2v) is 7.38. The molecule has 0 aromatic heterocycles. The summed E-state index contributed by atoms with van der Waals surface area (Å²) < 4.78 is 17.3. The average molecular weight is 329 g/mol. The van der Waals surface area contributed by atoms with Gasteiger partial charge in [0.25, 0.3) is 0 Å². The molecular weight excluding hydrogens is 288 g/mol. The normalized spacial score (nSPS) is 18.7. The van der Waals surface area contributed by atoms with Gasteiger partial charge in [-0.2, -0.15) is 0 Å². The van der Waals surface area contributed by atoms with E-state index in [1.165, 1.54) is 51.4 Å². The molecule has 0 aliphatic carbocycles. The summed E-state index contributed by atoms with van der Waals surface area (Å²) in [6, 6.07) is 0. The number of rotatable bonds is 14. The number of unbranched alkanes of at least 4 members (excludes halogenated alkanes) is 5. The zero-order valence-electron chi connectivity index (χ0n) is 16.3. The van der Waals surface area contributed by atoms with Crippen molar-refractivity contribution >= 4 is 0 Å². The Balaban J connectivity index is 2.60. The van der Waals surface area contributed by atoms with Crippen molar-refractivity contribution in [1.82, 2.24) is 0 Å². The second kappa shape index (κ2) is 10.7. The van der Waals surface area contributed by atoms with Gasteiger partial charge in [0.15, 0.2) is 5.79 Å². The van der Waals surface area contributed by atoms with Crippen molar-refractivity contribution in [3.05, 3.63) is 0 Å². The molecule has 1 unspecified atom stereocenters. The molecule has 3 heteroatoms. The fourth-order valence-corrected chi connectivity index (χ4v) is 4.02. The molecule has 23 heavy (non-hydrogen) atoms. The highest BCUT2D eigenvalue weighted by molar-refractivity contribution is 4.91. The van der Waals surface area contributed by atoms with Gasteiger partial charge >= 0.3 is 0 Å². The van der Waals surface area contributed by atoms with Gasteiger partial charge in [0.05, 0.1) is 13.2 Å². The van der Waals surface area contributed by atoms with Crippen LogP contribution in [0.5, 0.6) is 0 Å². The summed E-state index contributed by atoms with van der Waals surface area (Å²) in [6.45, 7) is 8.55. The highest BCUT2D eigenvalue weighted by atomic mass is 16.7. The molecule has 138 valence electrons. The van der Waals surface area contributed by atoms with Crippen molar-refractivity contribution in [2.24, 2.45) is 11.3 Å². The molecule has 3 nitrogen and oxygen atoms in total. The van der Waals surface area contributed by atoms with Crippen molar-refractivity contribution in [3.8, 4) is 0 Å². The van der Waals surface area contributed by atoms with Crippen molar-refractivity contribution < 1.29 is 14.2 Å². The van der Waals surface area contributed by atoms with Gasteiger partial charge in [-0.25, -0.2) is 0 Å². The predicted octanol–water partition coefficient (Wildman–Crippen LogP) is 5.57. The Bertz CT molecular complexity index is 281. The van der Waals surface area contributed by atoms with Crippen LogP contribution in [0.3, 0.4) is 0 Å². The summed E-state index contributed by atoms with van der Waals surface area (Å²) in [5.74, 6) is 0.0267. The molecule has 0 amide bonds. The van der Waals surface area contributed by atoms with E-state index in [-0.39, 0.29) is 0 Å². The Morgan fingerprint density at radius 1 is 0.957 bits per heavy atom. The molecule has 1 aliphatic rings. The lowest BCUT2D eigenvalue weighted by molar-refractivity contribution is -0.257. The van der Waals surface area contributed by atoms with Gasteiger partial charge in [0, 0.05) is 25.6 Å². The molecule has 0 aromatic rings. The standard InChI is InChI=1S/C20H40O3/c1-6-9-10-11-12-13-14-18(20(8-3,21-4)22-5)15-19(7-2)16-23-17-19/h18H,6-17H2,1-5H3. The second-order valence-electron chi connectivity index (χ2n) is 7.38. The van der Waals surface area contributed by atoms with Crippen molar-refractivity contribution in [2.45, 2.75) is 90.8 Å². The minimum atomic E-state index is -0.429. The molecule has 1 saturated heterocycles. The van der Waals surface area contributed by atoms with Crippen LogP contribution in [-0.2, 0) is 14.2 Å². The lowest BCUT2D eigenvalue weighted by Crippen LogP contribution is -2.49. The first-order chi connectivity index (χ1) is 11.1. The van der Waals surface area contributed by atoms with Gasteiger partial charge in [-0.3, -0.25) is 0 Å². The van der Waals surface area contributed by atoms with Crippen LogP contribution in [0.1, 0.15) is 85.0 Å².